The Morgan fingerprint density at radius 3 is 2.48 bits per heavy atom. The number of carbonyl (C=O) groups is 1. The van der Waals surface area contributed by atoms with Gasteiger partial charge in [0.1, 0.15) is 0 Å². The first-order valence-electron chi connectivity index (χ1n) is 8.84. The number of nitrogens with two attached hydrogens (primary N) is 1. The molecule has 1 unspecified atom stereocenters. The molecular formula is C19H28N2O2. The van der Waals surface area contributed by atoms with Gasteiger partial charge >= 0.3 is 0 Å². The van der Waals surface area contributed by atoms with Gasteiger partial charge in [0.15, 0.2) is 0 Å². The molecule has 2 heterocycles. The van der Waals surface area contributed by atoms with E-state index in [-0.39, 0.29) is 17.9 Å². The maximum atomic E-state index is 12.7. The van der Waals surface area contributed by atoms with Gasteiger partial charge in [0, 0.05) is 26.3 Å². The standard InChI is InChI=1S/C19H28N2O2/c1-14-4-2-3-5-17(14)15-6-10-21(11-7-15)19(22)18(20)16-8-12-23-13-9-16/h2-5,15-16,18H,6-13,20H2,1H3. The molecule has 2 aliphatic heterocycles. The number of piperidine rings is 1. The van der Waals surface area contributed by atoms with Crippen molar-refractivity contribution in [2.75, 3.05) is 26.3 Å². The van der Waals surface area contributed by atoms with E-state index in [1.54, 1.807) is 0 Å². The fourth-order valence-electron chi connectivity index (χ4n) is 3.94. The molecule has 2 N–H and O–H groups in total. The van der Waals surface area contributed by atoms with Crippen LogP contribution < -0.4 is 5.73 Å². The van der Waals surface area contributed by atoms with Gasteiger partial charge in [-0.1, -0.05) is 24.3 Å². The lowest BCUT2D eigenvalue weighted by Gasteiger charge is -2.36. The van der Waals surface area contributed by atoms with E-state index in [4.69, 9.17) is 10.5 Å². The molecule has 0 aromatic heterocycles. The molecule has 0 radical (unpaired) electrons. The number of carbonyl (C=O) groups excluding carboxylic acids is 1. The van der Waals surface area contributed by atoms with E-state index < -0.39 is 0 Å². The average molecular weight is 316 g/mol. The van der Waals surface area contributed by atoms with E-state index in [1.165, 1.54) is 11.1 Å². The van der Waals surface area contributed by atoms with Crippen LogP contribution in [0.1, 0.15) is 42.7 Å². The summed E-state index contributed by atoms with van der Waals surface area (Å²) in [5.74, 6) is 0.991. The van der Waals surface area contributed by atoms with Crippen LogP contribution in [0.2, 0.25) is 0 Å². The third kappa shape index (κ3) is 3.75. The van der Waals surface area contributed by atoms with E-state index in [0.717, 1.165) is 52.0 Å². The highest BCUT2D eigenvalue weighted by molar-refractivity contribution is 5.82. The second-order valence-corrected chi connectivity index (χ2v) is 6.93. The summed E-state index contributed by atoms with van der Waals surface area (Å²) in [4.78, 5) is 14.6. The van der Waals surface area contributed by atoms with Gasteiger partial charge in [-0.15, -0.1) is 0 Å². The number of amides is 1. The first kappa shape index (κ1) is 16.5. The Balaban J connectivity index is 1.56. The van der Waals surface area contributed by atoms with E-state index in [2.05, 4.69) is 31.2 Å². The molecule has 0 spiro atoms. The highest BCUT2D eigenvalue weighted by Gasteiger charge is 2.32. The molecule has 0 bridgehead atoms. The third-order valence-corrected chi connectivity index (χ3v) is 5.49. The summed E-state index contributed by atoms with van der Waals surface area (Å²) in [7, 11) is 0. The SMILES string of the molecule is Cc1ccccc1C1CCN(C(=O)C(N)C2CCOCC2)CC1. The molecule has 3 rings (SSSR count). The molecule has 0 saturated carbocycles. The van der Waals surface area contributed by atoms with Crippen molar-refractivity contribution in [3.8, 4) is 0 Å². The Labute approximate surface area is 139 Å². The summed E-state index contributed by atoms with van der Waals surface area (Å²) in [5.41, 5.74) is 9.04. The molecule has 1 aromatic rings. The number of ether oxygens (including phenoxy) is 1. The Bertz CT molecular complexity index is 532. The van der Waals surface area contributed by atoms with Crippen molar-refractivity contribution in [1.29, 1.82) is 0 Å². The molecule has 126 valence electrons. The van der Waals surface area contributed by atoms with Gasteiger partial charge in [-0.05, 0) is 55.6 Å². The molecular weight excluding hydrogens is 288 g/mol. The predicted molar refractivity (Wildman–Crippen MR) is 91.3 cm³/mol. The Morgan fingerprint density at radius 2 is 1.83 bits per heavy atom. The molecule has 1 aromatic carbocycles. The highest BCUT2D eigenvalue weighted by Crippen LogP contribution is 2.30. The highest BCUT2D eigenvalue weighted by atomic mass is 16.5. The number of rotatable bonds is 3. The van der Waals surface area contributed by atoms with Crippen molar-refractivity contribution in [3.05, 3.63) is 35.4 Å². The minimum absolute atomic E-state index is 0.139. The van der Waals surface area contributed by atoms with Crippen LogP contribution in [0, 0.1) is 12.8 Å². The van der Waals surface area contributed by atoms with Crippen molar-refractivity contribution in [3.63, 3.8) is 0 Å². The van der Waals surface area contributed by atoms with Crippen molar-refractivity contribution in [2.24, 2.45) is 11.7 Å². The lowest BCUT2D eigenvalue weighted by Crippen LogP contribution is -2.51. The summed E-state index contributed by atoms with van der Waals surface area (Å²) in [5, 5.41) is 0. The van der Waals surface area contributed by atoms with Crippen LogP contribution in [0.25, 0.3) is 0 Å². The van der Waals surface area contributed by atoms with Gasteiger partial charge < -0.3 is 15.4 Å². The lowest BCUT2D eigenvalue weighted by atomic mass is 9.86. The summed E-state index contributed by atoms with van der Waals surface area (Å²) in [6, 6.07) is 8.25. The monoisotopic (exact) mass is 316 g/mol. The molecule has 23 heavy (non-hydrogen) atoms. The number of benzene rings is 1. The third-order valence-electron chi connectivity index (χ3n) is 5.49. The van der Waals surface area contributed by atoms with E-state index >= 15 is 0 Å². The Kier molecular flexibility index (Phi) is 5.34. The molecule has 2 fully saturated rings. The molecule has 1 amide bonds. The van der Waals surface area contributed by atoms with Crippen LogP contribution >= 0.6 is 0 Å². The maximum Gasteiger partial charge on any atom is 0.239 e. The normalized spacial score (nSPS) is 22.1. The first-order valence-corrected chi connectivity index (χ1v) is 8.84. The van der Waals surface area contributed by atoms with Crippen molar-refractivity contribution in [2.45, 2.75) is 44.6 Å². The van der Waals surface area contributed by atoms with E-state index in [0.29, 0.717) is 5.92 Å². The quantitative estimate of drug-likeness (QED) is 0.932. The second kappa shape index (κ2) is 7.45. The number of aryl methyl sites for hydroxylation is 1. The van der Waals surface area contributed by atoms with Crippen molar-refractivity contribution in [1.82, 2.24) is 4.90 Å². The molecule has 2 saturated heterocycles. The molecule has 0 aliphatic carbocycles. The molecule has 4 nitrogen and oxygen atoms in total. The number of hydrogen-bond donors (Lipinski definition) is 1. The zero-order valence-corrected chi connectivity index (χ0v) is 14.0. The second-order valence-electron chi connectivity index (χ2n) is 6.93. The van der Waals surface area contributed by atoms with Crippen LogP contribution in [-0.4, -0.2) is 43.2 Å². The Morgan fingerprint density at radius 1 is 1.17 bits per heavy atom. The number of nitrogens with zero attached hydrogens (tertiary/aromatic N) is 1. The minimum Gasteiger partial charge on any atom is -0.381 e. The van der Waals surface area contributed by atoms with Gasteiger partial charge in [-0.2, -0.15) is 0 Å². The van der Waals surface area contributed by atoms with Crippen LogP contribution in [-0.2, 0) is 9.53 Å². The fourth-order valence-corrected chi connectivity index (χ4v) is 3.94. The first-order chi connectivity index (χ1) is 11.2. The fraction of sp³-hybridized carbons (Fsp3) is 0.632. The van der Waals surface area contributed by atoms with Gasteiger partial charge in [0.25, 0.3) is 0 Å². The Hall–Kier alpha value is -1.39. The largest absolute Gasteiger partial charge is 0.381 e. The minimum atomic E-state index is -0.353. The van der Waals surface area contributed by atoms with Crippen LogP contribution in [0.15, 0.2) is 24.3 Å². The smallest absolute Gasteiger partial charge is 0.239 e. The van der Waals surface area contributed by atoms with Crippen LogP contribution in [0.3, 0.4) is 0 Å². The maximum absolute atomic E-state index is 12.7. The van der Waals surface area contributed by atoms with Crippen molar-refractivity contribution < 1.29 is 9.53 Å². The number of hydrogen-bond acceptors (Lipinski definition) is 3. The molecule has 1 atom stereocenters. The van der Waals surface area contributed by atoms with E-state index in [1.807, 2.05) is 4.90 Å². The topological polar surface area (TPSA) is 55.6 Å². The summed E-state index contributed by atoms with van der Waals surface area (Å²) in [6.07, 6.45) is 3.90. The van der Waals surface area contributed by atoms with Crippen molar-refractivity contribution >= 4 is 5.91 Å². The summed E-state index contributed by atoms with van der Waals surface area (Å²) in [6.45, 7) is 5.30. The van der Waals surface area contributed by atoms with Crippen LogP contribution in [0.4, 0.5) is 0 Å². The summed E-state index contributed by atoms with van der Waals surface area (Å²) < 4.78 is 5.37. The predicted octanol–water partition coefficient (Wildman–Crippen LogP) is 2.45. The van der Waals surface area contributed by atoms with Gasteiger partial charge in [0.05, 0.1) is 6.04 Å². The average Bonchev–Trinajstić information content (AvgIpc) is 2.62. The van der Waals surface area contributed by atoms with E-state index in [9.17, 15) is 4.79 Å². The van der Waals surface area contributed by atoms with Gasteiger partial charge in [-0.25, -0.2) is 0 Å². The molecule has 2 aliphatic rings. The number of likely N-dealkylation sites (tertiary alicyclic amines) is 1. The van der Waals surface area contributed by atoms with Gasteiger partial charge in [-0.3, -0.25) is 4.79 Å². The molecule has 4 heteroatoms. The van der Waals surface area contributed by atoms with Crippen LogP contribution in [0.5, 0.6) is 0 Å². The zero-order valence-electron chi connectivity index (χ0n) is 14.0. The van der Waals surface area contributed by atoms with Gasteiger partial charge in [0.2, 0.25) is 5.91 Å². The lowest BCUT2D eigenvalue weighted by molar-refractivity contribution is -0.135. The zero-order chi connectivity index (χ0) is 16.2. The summed E-state index contributed by atoms with van der Waals surface area (Å²) >= 11 is 0.